The first-order chi connectivity index (χ1) is 14.6. The molecule has 0 aliphatic rings. The van der Waals surface area contributed by atoms with Gasteiger partial charge in [-0.1, -0.05) is 59.3 Å². The van der Waals surface area contributed by atoms with Crippen molar-refractivity contribution < 1.29 is 4.79 Å². The van der Waals surface area contributed by atoms with Crippen molar-refractivity contribution in [3.8, 4) is 11.3 Å². The Morgan fingerprint density at radius 2 is 1.87 bits per heavy atom. The Hall–Kier alpha value is -2.92. The number of hydrogen-bond donors (Lipinski definition) is 1. The molecule has 0 aliphatic carbocycles. The number of aryl methyl sites for hydroxylation is 3. The van der Waals surface area contributed by atoms with Gasteiger partial charge < -0.3 is 9.72 Å². The summed E-state index contributed by atoms with van der Waals surface area (Å²) >= 11 is 3.49. The molecule has 4 nitrogen and oxygen atoms in total. The lowest BCUT2D eigenvalue weighted by molar-refractivity contribution is -0.116. The van der Waals surface area contributed by atoms with Crippen molar-refractivity contribution in [3.05, 3.63) is 88.2 Å². The van der Waals surface area contributed by atoms with Crippen LogP contribution in [0.1, 0.15) is 30.2 Å². The Bertz CT molecular complexity index is 1190. The fraction of sp³-hybridized carbons (Fsp3) is 0.200. The van der Waals surface area contributed by atoms with Crippen molar-refractivity contribution in [1.82, 2.24) is 9.38 Å². The second-order valence-electron chi connectivity index (χ2n) is 7.35. The summed E-state index contributed by atoms with van der Waals surface area (Å²) in [5.74, 6) is 0.0200. The molecule has 1 amide bonds. The van der Waals surface area contributed by atoms with Crippen LogP contribution in [0.4, 0.5) is 5.69 Å². The Morgan fingerprint density at radius 1 is 1.07 bits per heavy atom. The highest BCUT2D eigenvalue weighted by Crippen LogP contribution is 2.27. The Morgan fingerprint density at radius 3 is 2.63 bits per heavy atom. The van der Waals surface area contributed by atoms with Crippen LogP contribution in [0.25, 0.3) is 16.9 Å². The minimum Gasteiger partial charge on any atom is -0.326 e. The van der Waals surface area contributed by atoms with E-state index >= 15 is 0 Å². The summed E-state index contributed by atoms with van der Waals surface area (Å²) in [7, 11) is 0. The van der Waals surface area contributed by atoms with E-state index in [4.69, 9.17) is 4.98 Å². The van der Waals surface area contributed by atoms with Crippen molar-refractivity contribution in [2.24, 2.45) is 0 Å². The molecule has 2 aromatic heterocycles. The third-order valence-corrected chi connectivity index (χ3v) is 5.87. The monoisotopic (exact) mass is 461 g/mol. The maximum atomic E-state index is 12.8. The molecule has 0 bridgehead atoms. The van der Waals surface area contributed by atoms with Gasteiger partial charge >= 0.3 is 0 Å². The van der Waals surface area contributed by atoms with Crippen LogP contribution >= 0.6 is 15.9 Å². The number of para-hydroxylation sites is 1. The van der Waals surface area contributed by atoms with E-state index in [1.165, 1.54) is 0 Å². The van der Waals surface area contributed by atoms with Crippen LogP contribution in [0.15, 0.2) is 71.3 Å². The number of halogens is 1. The van der Waals surface area contributed by atoms with E-state index in [0.717, 1.165) is 50.3 Å². The van der Waals surface area contributed by atoms with E-state index in [-0.39, 0.29) is 5.91 Å². The van der Waals surface area contributed by atoms with Crippen LogP contribution in [0, 0.1) is 6.92 Å². The summed E-state index contributed by atoms with van der Waals surface area (Å²) in [6.45, 7) is 4.14. The molecule has 0 spiro atoms. The maximum absolute atomic E-state index is 12.8. The zero-order chi connectivity index (χ0) is 21.1. The van der Waals surface area contributed by atoms with E-state index in [1.807, 2.05) is 55.6 Å². The van der Waals surface area contributed by atoms with E-state index in [2.05, 4.69) is 50.8 Å². The van der Waals surface area contributed by atoms with Crippen molar-refractivity contribution >= 4 is 33.2 Å². The molecule has 0 unspecified atom stereocenters. The third-order valence-electron chi connectivity index (χ3n) is 5.34. The summed E-state index contributed by atoms with van der Waals surface area (Å²) in [6.07, 6.45) is 3.90. The predicted octanol–water partition coefficient (Wildman–Crippen LogP) is 6.21. The number of carbonyl (C=O) groups is 1. The average molecular weight is 462 g/mol. The molecular weight excluding hydrogens is 438 g/mol. The van der Waals surface area contributed by atoms with Crippen LogP contribution in [0.2, 0.25) is 0 Å². The molecule has 0 radical (unpaired) electrons. The van der Waals surface area contributed by atoms with E-state index in [9.17, 15) is 4.79 Å². The Labute approximate surface area is 185 Å². The topological polar surface area (TPSA) is 46.4 Å². The SMILES string of the molecule is CCc1cccc(C)c1NC(=O)CCc1c(-c2ccc(Br)cc2)nc2ccccn12. The molecule has 0 atom stereocenters. The number of nitrogens with zero attached hydrogens (tertiary/aromatic N) is 2. The third kappa shape index (κ3) is 4.17. The molecule has 0 saturated carbocycles. The molecule has 30 heavy (non-hydrogen) atoms. The highest BCUT2D eigenvalue weighted by Gasteiger charge is 2.16. The lowest BCUT2D eigenvalue weighted by Gasteiger charge is -2.13. The fourth-order valence-electron chi connectivity index (χ4n) is 3.76. The lowest BCUT2D eigenvalue weighted by atomic mass is 10.0. The number of carbonyl (C=O) groups excluding carboxylic acids is 1. The molecule has 0 aliphatic heterocycles. The molecule has 2 aromatic carbocycles. The highest BCUT2D eigenvalue weighted by atomic mass is 79.9. The number of imidazole rings is 1. The number of fused-ring (bicyclic) bond motifs is 1. The molecule has 4 aromatic rings. The molecule has 4 rings (SSSR count). The number of pyridine rings is 1. The van der Waals surface area contributed by atoms with Gasteiger partial charge in [0.2, 0.25) is 5.91 Å². The first-order valence-electron chi connectivity index (χ1n) is 10.2. The van der Waals surface area contributed by atoms with Gasteiger partial charge in [-0.05, 0) is 55.2 Å². The molecule has 0 saturated heterocycles. The maximum Gasteiger partial charge on any atom is 0.224 e. The summed E-state index contributed by atoms with van der Waals surface area (Å²) in [5, 5.41) is 3.13. The van der Waals surface area contributed by atoms with Gasteiger partial charge in [-0.3, -0.25) is 4.79 Å². The summed E-state index contributed by atoms with van der Waals surface area (Å²) < 4.78 is 3.11. The van der Waals surface area contributed by atoms with Crippen molar-refractivity contribution in [3.63, 3.8) is 0 Å². The first kappa shape index (κ1) is 20.4. The summed E-state index contributed by atoms with van der Waals surface area (Å²) in [5.41, 5.74) is 7.09. The molecule has 2 heterocycles. The van der Waals surface area contributed by atoms with Crippen LogP contribution < -0.4 is 5.32 Å². The molecular formula is C25H24BrN3O. The average Bonchev–Trinajstić information content (AvgIpc) is 3.13. The van der Waals surface area contributed by atoms with Gasteiger partial charge in [0.25, 0.3) is 0 Å². The van der Waals surface area contributed by atoms with Gasteiger partial charge in [-0.15, -0.1) is 0 Å². The van der Waals surface area contributed by atoms with Gasteiger partial charge in [0, 0.05) is 28.3 Å². The molecule has 1 N–H and O–H groups in total. The first-order valence-corrected chi connectivity index (χ1v) is 11.0. The highest BCUT2D eigenvalue weighted by molar-refractivity contribution is 9.10. The quantitative estimate of drug-likeness (QED) is 0.371. The lowest BCUT2D eigenvalue weighted by Crippen LogP contribution is -2.15. The van der Waals surface area contributed by atoms with E-state index in [0.29, 0.717) is 12.8 Å². The predicted molar refractivity (Wildman–Crippen MR) is 126 cm³/mol. The standard InChI is InChI=1S/C25H24BrN3O/c1-3-18-8-6-7-17(2)24(18)28-23(30)15-14-21-25(19-10-12-20(26)13-11-19)27-22-9-4-5-16-29(21)22/h4-13,16H,3,14-15H2,1-2H3,(H,28,30). The van der Waals surface area contributed by atoms with E-state index < -0.39 is 0 Å². The molecule has 0 fully saturated rings. The van der Waals surface area contributed by atoms with Gasteiger partial charge in [0.1, 0.15) is 5.65 Å². The fourth-order valence-corrected chi connectivity index (χ4v) is 4.02. The zero-order valence-corrected chi connectivity index (χ0v) is 18.7. The van der Waals surface area contributed by atoms with Gasteiger partial charge in [-0.25, -0.2) is 4.98 Å². The van der Waals surface area contributed by atoms with Gasteiger partial charge in [0.05, 0.1) is 11.4 Å². The second-order valence-corrected chi connectivity index (χ2v) is 8.27. The Kier molecular flexibility index (Phi) is 6.00. The van der Waals surface area contributed by atoms with Gasteiger partial charge in [-0.2, -0.15) is 0 Å². The number of anilines is 1. The summed E-state index contributed by atoms with van der Waals surface area (Å²) in [4.78, 5) is 17.6. The number of rotatable bonds is 6. The van der Waals surface area contributed by atoms with Crippen LogP contribution in [-0.4, -0.2) is 15.3 Å². The van der Waals surface area contributed by atoms with Crippen LogP contribution in [-0.2, 0) is 17.6 Å². The Balaban J connectivity index is 1.60. The van der Waals surface area contributed by atoms with Crippen molar-refractivity contribution in [1.29, 1.82) is 0 Å². The number of benzene rings is 2. The number of hydrogen-bond acceptors (Lipinski definition) is 2. The smallest absolute Gasteiger partial charge is 0.224 e. The molecule has 152 valence electrons. The normalized spacial score (nSPS) is 11.0. The minimum absolute atomic E-state index is 0.0200. The van der Waals surface area contributed by atoms with Gasteiger partial charge in [0.15, 0.2) is 0 Å². The van der Waals surface area contributed by atoms with Crippen molar-refractivity contribution in [2.45, 2.75) is 33.1 Å². The number of amides is 1. The summed E-state index contributed by atoms with van der Waals surface area (Å²) in [6, 6.07) is 20.2. The van der Waals surface area contributed by atoms with Crippen LogP contribution in [0.5, 0.6) is 0 Å². The number of aromatic nitrogens is 2. The molecule has 5 heteroatoms. The zero-order valence-electron chi connectivity index (χ0n) is 17.2. The van der Waals surface area contributed by atoms with Crippen molar-refractivity contribution in [2.75, 3.05) is 5.32 Å². The minimum atomic E-state index is 0.0200. The second kappa shape index (κ2) is 8.84. The van der Waals surface area contributed by atoms with Crippen LogP contribution in [0.3, 0.4) is 0 Å². The number of nitrogens with one attached hydrogen (secondary N) is 1. The largest absolute Gasteiger partial charge is 0.326 e. The van der Waals surface area contributed by atoms with E-state index in [1.54, 1.807) is 0 Å².